The van der Waals surface area contributed by atoms with Gasteiger partial charge in [0.15, 0.2) is 6.10 Å². The molecule has 0 N–H and O–H groups in total. The van der Waals surface area contributed by atoms with Gasteiger partial charge in [-0.2, -0.15) is 0 Å². The van der Waals surface area contributed by atoms with Crippen LogP contribution in [-0.2, 0) is 28.6 Å². The second kappa shape index (κ2) is 50.3. The van der Waals surface area contributed by atoms with Gasteiger partial charge in [0, 0.05) is 19.3 Å². The molecule has 0 bridgehead atoms. The lowest BCUT2D eigenvalue weighted by molar-refractivity contribution is -0.167. The Morgan fingerprint density at radius 3 is 0.951 bits per heavy atom. The Morgan fingerprint density at radius 2 is 0.590 bits per heavy atom. The third-order valence-corrected chi connectivity index (χ3v) is 11.6. The second-order valence-electron chi connectivity index (χ2n) is 17.8. The summed E-state index contributed by atoms with van der Waals surface area (Å²) in [4.78, 5) is 38.0. The van der Waals surface area contributed by atoms with Crippen LogP contribution in [0.25, 0.3) is 0 Å². The number of rotatable bonds is 48. The van der Waals surface area contributed by atoms with Crippen molar-refractivity contribution < 1.29 is 28.6 Å². The van der Waals surface area contributed by atoms with E-state index in [1.54, 1.807) is 0 Å². The number of carbonyl (C=O) groups excluding carboxylic acids is 3. The molecule has 0 radical (unpaired) electrons. The molecule has 0 saturated heterocycles. The maximum atomic E-state index is 12.8. The predicted octanol–water partition coefficient (Wildman–Crippen LogP) is 17.3. The number of hydrogen-bond acceptors (Lipinski definition) is 6. The van der Waals surface area contributed by atoms with E-state index in [2.05, 4.69) is 57.2 Å². The Labute approximate surface area is 378 Å². The second-order valence-corrected chi connectivity index (χ2v) is 17.8. The molecule has 0 aromatic heterocycles. The Hall–Kier alpha value is -2.37. The summed E-state index contributed by atoms with van der Waals surface area (Å²) in [6.45, 7) is 6.61. The molecule has 0 unspecified atom stereocenters. The summed E-state index contributed by atoms with van der Waals surface area (Å²) < 4.78 is 16.8. The molecule has 0 aromatic rings. The van der Waals surface area contributed by atoms with Gasteiger partial charge in [-0.05, 0) is 77.0 Å². The summed E-state index contributed by atoms with van der Waals surface area (Å²) in [5.74, 6) is -0.881. The van der Waals surface area contributed by atoms with Gasteiger partial charge in [-0.25, -0.2) is 0 Å². The van der Waals surface area contributed by atoms with E-state index in [-0.39, 0.29) is 31.1 Å². The van der Waals surface area contributed by atoms with Crippen LogP contribution in [0, 0.1) is 0 Å². The third kappa shape index (κ3) is 48.5. The first kappa shape index (κ1) is 58.6. The van der Waals surface area contributed by atoms with Gasteiger partial charge in [0.2, 0.25) is 0 Å². The van der Waals surface area contributed by atoms with Crippen LogP contribution in [0.15, 0.2) is 36.5 Å². The Morgan fingerprint density at radius 1 is 0.328 bits per heavy atom. The van der Waals surface area contributed by atoms with E-state index < -0.39 is 6.10 Å². The zero-order valence-corrected chi connectivity index (χ0v) is 40.7. The summed E-state index contributed by atoms with van der Waals surface area (Å²) in [5, 5.41) is 0. The summed E-state index contributed by atoms with van der Waals surface area (Å²) in [7, 11) is 0. The molecule has 0 aromatic carbocycles. The number of unbranched alkanes of at least 4 members (excludes halogenated alkanes) is 31. The highest BCUT2D eigenvalue weighted by molar-refractivity contribution is 5.71. The molecule has 0 spiro atoms. The van der Waals surface area contributed by atoms with Gasteiger partial charge in [-0.1, -0.05) is 218 Å². The van der Waals surface area contributed by atoms with Crippen molar-refractivity contribution in [1.82, 2.24) is 0 Å². The topological polar surface area (TPSA) is 78.9 Å². The Kier molecular flexibility index (Phi) is 48.3. The van der Waals surface area contributed by atoms with E-state index in [4.69, 9.17) is 14.2 Å². The molecule has 1 atom stereocenters. The SMILES string of the molecule is CCCCC/C=C\C/C=C\CCCCCCCCCC(=O)OC[C@H](COC(=O)CCCCCCC/C=C\CCCCCCCC)OC(=O)CCCCCCCCCCCCC. The lowest BCUT2D eigenvalue weighted by Gasteiger charge is -2.18. The molecule has 356 valence electrons. The lowest BCUT2D eigenvalue weighted by Crippen LogP contribution is -2.30. The van der Waals surface area contributed by atoms with Gasteiger partial charge >= 0.3 is 17.9 Å². The molecule has 0 amide bonds. The minimum Gasteiger partial charge on any atom is -0.462 e. The monoisotopic (exact) mass is 857 g/mol. The molecule has 0 heterocycles. The average Bonchev–Trinajstić information content (AvgIpc) is 3.26. The van der Waals surface area contributed by atoms with Crippen molar-refractivity contribution in [3.8, 4) is 0 Å². The average molecular weight is 857 g/mol. The van der Waals surface area contributed by atoms with E-state index in [1.165, 1.54) is 161 Å². The van der Waals surface area contributed by atoms with Crippen LogP contribution in [0.3, 0.4) is 0 Å². The van der Waals surface area contributed by atoms with Crippen molar-refractivity contribution in [2.24, 2.45) is 0 Å². The first-order chi connectivity index (χ1) is 30.0. The number of ether oxygens (including phenoxy) is 3. The smallest absolute Gasteiger partial charge is 0.306 e. The van der Waals surface area contributed by atoms with Gasteiger partial charge in [0.05, 0.1) is 0 Å². The summed E-state index contributed by atoms with van der Waals surface area (Å²) in [6, 6.07) is 0. The largest absolute Gasteiger partial charge is 0.462 e. The molecule has 0 aliphatic carbocycles. The molecule has 0 saturated carbocycles. The van der Waals surface area contributed by atoms with Gasteiger partial charge in [-0.15, -0.1) is 0 Å². The molecule has 0 aliphatic heterocycles. The van der Waals surface area contributed by atoms with E-state index in [0.717, 1.165) is 77.0 Å². The van der Waals surface area contributed by atoms with Gasteiger partial charge in [0.1, 0.15) is 13.2 Å². The van der Waals surface area contributed by atoms with Crippen LogP contribution in [0.2, 0.25) is 0 Å². The number of carbonyl (C=O) groups is 3. The molecular weight excluding hydrogens is 757 g/mol. The molecule has 6 nitrogen and oxygen atoms in total. The first-order valence-corrected chi connectivity index (χ1v) is 26.5. The van der Waals surface area contributed by atoms with Gasteiger partial charge in [0.25, 0.3) is 0 Å². The van der Waals surface area contributed by atoms with Crippen LogP contribution in [0.4, 0.5) is 0 Å². The van der Waals surface area contributed by atoms with Gasteiger partial charge < -0.3 is 14.2 Å². The fraction of sp³-hybridized carbons (Fsp3) is 0.836. The summed E-state index contributed by atoms with van der Waals surface area (Å²) in [6.07, 6.45) is 58.4. The van der Waals surface area contributed by atoms with E-state index in [1.807, 2.05) is 0 Å². The van der Waals surface area contributed by atoms with Crippen LogP contribution >= 0.6 is 0 Å². The number of esters is 3. The highest BCUT2D eigenvalue weighted by Crippen LogP contribution is 2.15. The Balaban J connectivity index is 4.34. The molecule has 0 fully saturated rings. The lowest BCUT2D eigenvalue weighted by atomic mass is 10.1. The van der Waals surface area contributed by atoms with Crippen LogP contribution in [0.5, 0.6) is 0 Å². The van der Waals surface area contributed by atoms with Crippen molar-refractivity contribution >= 4 is 17.9 Å². The standard InChI is InChI=1S/C55H100O6/c1-4-7-10-13-16-19-22-24-26-27-29-31-34-36-39-42-45-48-54(57)60-51-52(61-55(58)49-46-43-40-37-32-21-18-15-12-9-6-3)50-59-53(56)47-44-41-38-35-33-30-28-25-23-20-17-14-11-8-5-2/h16,19,24-26,28,52H,4-15,17-18,20-23,27,29-51H2,1-3H3/b19-16-,26-24-,28-25-/t52-/m0/s1. The minimum absolute atomic E-state index is 0.0762. The summed E-state index contributed by atoms with van der Waals surface area (Å²) in [5.41, 5.74) is 0. The molecular formula is C55H100O6. The molecule has 6 heteroatoms. The molecule has 0 aliphatic rings. The van der Waals surface area contributed by atoms with Gasteiger partial charge in [-0.3, -0.25) is 14.4 Å². The quantitative estimate of drug-likeness (QED) is 0.0262. The van der Waals surface area contributed by atoms with Crippen LogP contribution in [0.1, 0.15) is 278 Å². The molecule has 0 rings (SSSR count). The van der Waals surface area contributed by atoms with Crippen LogP contribution < -0.4 is 0 Å². The molecule has 61 heavy (non-hydrogen) atoms. The maximum absolute atomic E-state index is 12.8. The van der Waals surface area contributed by atoms with E-state index >= 15 is 0 Å². The van der Waals surface area contributed by atoms with Crippen molar-refractivity contribution in [1.29, 1.82) is 0 Å². The van der Waals surface area contributed by atoms with Crippen molar-refractivity contribution in [3.05, 3.63) is 36.5 Å². The Bertz CT molecular complexity index is 1030. The summed E-state index contributed by atoms with van der Waals surface area (Å²) >= 11 is 0. The van der Waals surface area contributed by atoms with E-state index in [0.29, 0.717) is 19.3 Å². The normalized spacial score (nSPS) is 12.2. The predicted molar refractivity (Wildman–Crippen MR) is 261 cm³/mol. The van der Waals surface area contributed by atoms with Crippen molar-refractivity contribution in [3.63, 3.8) is 0 Å². The van der Waals surface area contributed by atoms with E-state index in [9.17, 15) is 14.4 Å². The maximum Gasteiger partial charge on any atom is 0.306 e. The zero-order chi connectivity index (χ0) is 44.4. The zero-order valence-electron chi connectivity index (χ0n) is 40.7. The van der Waals surface area contributed by atoms with Crippen molar-refractivity contribution in [2.75, 3.05) is 13.2 Å². The highest BCUT2D eigenvalue weighted by atomic mass is 16.6. The van der Waals surface area contributed by atoms with Crippen LogP contribution in [-0.4, -0.2) is 37.2 Å². The number of allylic oxidation sites excluding steroid dienone is 6. The minimum atomic E-state index is -0.774. The first-order valence-electron chi connectivity index (χ1n) is 26.5. The third-order valence-electron chi connectivity index (χ3n) is 11.6. The highest BCUT2D eigenvalue weighted by Gasteiger charge is 2.19. The fourth-order valence-electron chi connectivity index (χ4n) is 7.59. The fourth-order valence-corrected chi connectivity index (χ4v) is 7.59. The number of hydrogen-bond donors (Lipinski definition) is 0. The van der Waals surface area contributed by atoms with Crippen molar-refractivity contribution in [2.45, 2.75) is 284 Å².